The van der Waals surface area contributed by atoms with Crippen LogP contribution in [0.5, 0.6) is 0 Å². The summed E-state index contributed by atoms with van der Waals surface area (Å²) in [5.74, 6) is -0.753. The van der Waals surface area contributed by atoms with Crippen molar-refractivity contribution in [3.8, 4) is 0 Å². The van der Waals surface area contributed by atoms with Crippen LogP contribution in [0.3, 0.4) is 0 Å². The molecule has 1 aromatic heterocycles. The van der Waals surface area contributed by atoms with Gasteiger partial charge in [-0.2, -0.15) is 0 Å². The van der Waals surface area contributed by atoms with Crippen molar-refractivity contribution in [3.63, 3.8) is 0 Å². The zero-order valence-corrected chi connectivity index (χ0v) is 15.6. The van der Waals surface area contributed by atoms with E-state index in [1.807, 2.05) is 0 Å². The number of aromatic nitrogens is 2. The third-order valence-corrected chi connectivity index (χ3v) is 5.47. The van der Waals surface area contributed by atoms with E-state index in [0.29, 0.717) is 0 Å². The molecule has 0 fully saturated rings. The van der Waals surface area contributed by atoms with Crippen LogP contribution < -0.4 is 14.8 Å². The number of carbonyl (C=O) groups excluding carboxylic acids is 1. The zero-order chi connectivity index (χ0) is 18.7. The predicted molar refractivity (Wildman–Crippen MR) is 95.9 cm³/mol. The fourth-order valence-electron chi connectivity index (χ4n) is 1.65. The summed E-state index contributed by atoms with van der Waals surface area (Å²) in [5.41, 5.74) is 0.216. The molecule has 3 N–H and O–H groups in total. The number of rotatable bonds is 7. The summed E-state index contributed by atoms with van der Waals surface area (Å²) in [7, 11) is -7.06. The van der Waals surface area contributed by atoms with Crippen molar-refractivity contribution in [2.75, 3.05) is 26.8 Å². The third-order valence-electron chi connectivity index (χ3n) is 2.74. The van der Waals surface area contributed by atoms with Crippen molar-refractivity contribution in [1.82, 2.24) is 10.2 Å². The standard InChI is InChI=1S/C12H15N5O5S3/c1-3-25(21,22)16-9-7-5-4-6-8(9)10(18)13-11-14-15-12(23-11)17-24(2,19)20/h4-7,16H,3H2,1-2H3,(H,15,17)(H,13,14,18). The van der Waals surface area contributed by atoms with Crippen LogP contribution in [0.15, 0.2) is 24.3 Å². The first-order chi connectivity index (χ1) is 11.6. The van der Waals surface area contributed by atoms with E-state index in [-0.39, 0.29) is 27.3 Å². The second-order valence-electron chi connectivity index (χ2n) is 4.79. The highest BCUT2D eigenvalue weighted by Gasteiger charge is 2.17. The Labute approximate surface area is 148 Å². The van der Waals surface area contributed by atoms with Gasteiger partial charge in [-0.25, -0.2) is 16.8 Å². The fraction of sp³-hybridized carbons (Fsp3) is 0.250. The molecule has 25 heavy (non-hydrogen) atoms. The molecule has 1 amide bonds. The number of hydrogen-bond acceptors (Lipinski definition) is 8. The lowest BCUT2D eigenvalue weighted by Crippen LogP contribution is -2.19. The molecule has 1 aromatic carbocycles. The summed E-state index contributed by atoms with van der Waals surface area (Å²) in [6.07, 6.45) is 0.961. The first-order valence-electron chi connectivity index (χ1n) is 6.82. The first-order valence-corrected chi connectivity index (χ1v) is 11.2. The summed E-state index contributed by atoms with van der Waals surface area (Å²) in [6.45, 7) is 1.47. The van der Waals surface area contributed by atoms with E-state index in [9.17, 15) is 21.6 Å². The SMILES string of the molecule is CCS(=O)(=O)Nc1ccccc1C(=O)Nc1nnc(NS(C)(=O)=O)s1. The topological polar surface area (TPSA) is 147 Å². The molecular weight excluding hydrogens is 390 g/mol. The monoisotopic (exact) mass is 405 g/mol. The van der Waals surface area contributed by atoms with E-state index in [2.05, 4.69) is 25.0 Å². The van der Waals surface area contributed by atoms with Crippen molar-refractivity contribution in [2.45, 2.75) is 6.92 Å². The number of nitrogens with zero attached hydrogens (tertiary/aromatic N) is 2. The van der Waals surface area contributed by atoms with Gasteiger partial charge in [-0.3, -0.25) is 19.6 Å². The van der Waals surface area contributed by atoms with Gasteiger partial charge in [-0.15, -0.1) is 10.2 Å². The Balaban J connectivity index is 2.19. The number of anilines is 3. The normalized spacial score (nSPS) is 11.8. The maximum Gasteiger partial charge on any atom is 0.259 e. The molecule has 0 bridgehead atoms. The molecule has 0 saturated heterocycles. The number of carbonyl (C=O) groups is 1. The van der Waals surface area contributed by atoms with Crippen LogP contribution in [0, 0.1) is 0 Å². The van der Waals surface area contributed by atoms with E-state index in [1.54, 1.807) is 12.1 Å². The molecule has 0 radical (unpaired) electrons. The van der Waals surface area contributed by atoms with Gasteiger partial charge < -0.3 is 0 Å². The van der Waals surface area contributed by atoms with Gasteiger partial charge in [0.15, 0.2) is 0 Å². The average molecular weight is 405 g/mol. The molecular formula is C12H15N5O5S3. The number of amides is 1. The van der Waals surface area contributed by atoms with Crippen LogP contribution in [0.2, 0.25) is 0 Å². The highest BCUT2D eigenvalue weighted by molar-refractivity contribution is 7.92. The van der Waals surface area contributed by atoms with Crippen LogP contribution in [-0.2, 0) is 20.0 Å². The first kappa shape index (κ1) is 19.1. The van der Waals surface area contributed by atoms with Crippen molar-refractivity contribution >= 4 is 53.2 Å². The van der Waals surface area contributed by atoms with Gasteiger partial charge >= 0.3 is 0 Å². The fourth-order valence-corrected chi connectivity index (χ4v) is 3.77. The number of nitrogens with one attached hydrogen (secondary N) is 3. The van der Waals surface area contributed by atoms with Crippen molar-refractivity contribution in [1.29, 1.82) is 0 Å². The Morgan fingerprint density at radius 1 is 1.08 bits per heavy atom. The summed E-state index contributed by atoms with van der Waals surface area (Å²) in [4.78, 5) is 12.4. The zero-order valence-electron chi connectivity index (χ0n) is 13.2. The highest BCUT2D eigenvalue weighted by Crippen LogP contribution is 2.23. The Hall–Kier alpha value is -2.25. The summed E-state index contributed by atoms with van der Waals surface area (Å²) < 4.78 is 50.2. The second-order valence-corrected chi connectivity index (χ2v) is 9.53. The molecule has 2 aromatic rings. The van der Waals surface area contributed by atoms with Crippen molar-refractivity contribution in [2.24, 2.45) is 0 Å². The van der Waals surface area contributed by atoms with Gasteiger partial charge in [0.25, 0.3) is 5.91 Å². The third kappa shape index (κ3) is 5.65. The van der Waals surface area contributed by atoms with Gasteiger partial charge in [-0.1, -0.05) is 23.5 Å². The number of hydrogen-bond donors (Lipinski definition) is 3. The van der Waals surface area contributed by atoms with Crippen molar-refractivity contribution < 1.29 is 21.6 Å². The summed E-state index contributed by atoms with van der Waals surface area (Å²) in [5, 5.41) is 9.75. The number of sulfonamides is 2. The van der Waals surface area contributed by atoms with Crippen LogP contribution in [-0.4, -0.2) is 44.9 Å². The van der Waals surface area contributed by atoms with Gasteiger partial charge in [0.1, 0.15) is 0 Å². The minimum atomic E-state index is -3.55. The lowest BCUT2D eigenvalue weighted by Gasteiger charge is -2.10. The van der Waals surface area contributed by atoms with Crippen molar-refractivity contribution in [3.05, 3.63) is 29.8 Å². The second kappa shape index (κ2) is 7.33. The Bertz CT molecular complexity index is 984. The molecule has 13 heteroatoms. The molecule has 10 nitrogen and oxygen atoms in total. The average Bonchev–Trinajstić information content (AvgIpc) is 2.92. The van der Waals surface area contributed by atoms with Crippen LogP contribution >= 0.6 is 11.3 Å². The predicted octanol–water partition coefficient (Wildman–Crippen LogP) is 0.923. The van der Waals surface area contributed by atoms with E-state index in [0.717, 1.165) is 17.6 Å². The molecule has 0 aliphatic rings. The van der Waals surface area contributed by atoms with Gasteiger partial charge in [-0.05, 0) is 19.1 Å². The molecule has 0 aliphatic carbocycles. The summed E-state index contributed by atoms with van der Waals surface area (Å²) in [6, 6.07) is 6.07. The van der Waals surface area contributed by atoms with Gasteiger partial charge in [0.2, 0.25) is 30.3 Å². The molecule has 136 valence electrons. The van der Waals surface area contributed by atoms with E-state index < -0.39 is 26.0 Å². The largest absolute Gasteiger partial charge is 0.296 e. The highest BCUT2D eigenvalue weighted by atomic mass is 32.2. The lowest BCUT2D eigenvalue weighted by atomic mass is 10.2. The van der Waals surface area contributed by atoms with Crippen LogP contribution in [0.25, 0.3) is 0 Å². The molecule has 0 saturated carbocycles. The van der Waals surface area contributed by atoms with Crippen LogP contribution in [0.1, 0.15) is 17.3 Å². The van der Waals surface area contributed by atoms with E-state index in [1.165, 1.54) is 19.1 Å². The minimum absolute atomic E-state index is 0.00206. The number of para-hydroxylation sites is 1. The molecule has 2 rings (SSSR count). The quantitative estimate of drug-likeness (QED) is 0.620. The Morgan fingerprint density at radius 3 is 2.36 bits per heavy atom. The molecule has 1 heterocycles. The Kier molecular flexibility index (Phi) is 5.59. The maximum absolute atomic E-state index is 12.4. The molecule has 0 aliphatic heterocycles. The Morgan fingerprint density at radius 2 is 1.72 bits per heavy atom. The van der Waals surface area contributed by atoms with Gasteiger partial charge in [0.05, 0.1) is 23.3 Å². The number of benzene rings is 1. The molecule has 0 unspecified atom stereocenters. The minimum Gasteiger partial charge on any atom is -0.296 e. The summed E-state index contributed by atoms with van der Waals surface area (Å²) >= 11 is 0.823. The van der Waals surface area contributed by atoms with E-state index in [4.69, 9.17) is 0 Å². The van der Waals surface area contributed by atoms with Gasteiger partial charge in [0, 0.05) is 0 Å². The molecule has 0 spiro atoms. The smallest absolute Gasteiger partial charge is 0.259 e. The lowest BCUT2D eigenvalue weighted by molar-refractivity contribution is 0.102. The van der Waals surface area contributed by atoms with E-state index >= 15 is 0 Å². The maximum atomic E-state index is 12.4. The molecule has 0 atom stereocenters. The van der Waals surface area contributed by atoms with Crippen LogP contribution in [0.4, 0.5) is 16.0 Å².